The molecule has 1 aliphatic rings. The van der Waals surface area contributed by atoms with E-state index in [1.165, 1.54) is 0 Å². The molecule has 1 aliphatic heterocycles. The van der Waals surface area contributed by atoms with E-state index in [1.807, 2.05) is 30.3 Å². The van der Waals surface area contributed by atoms with E-state index in [9.17, 15) is 5.11 Å². The largest absolute Gasteiger partial charge is 0.458 e. The summed E-state index contributed by atoms with van der Waals surface area (Å²) >= 11 is 0. The van der Waals surface area contributed by atoms with Crippen molar-refractivity contribution in [2.75, 3.05) is 13.1 Å². The monoisotopic (exact) mass is 231 g/mol. The number of aliphatic hydroxyl groups is 1. The van der Waals surface area contributed by atoms with Crippen LogP contribution < -0.4 is 5.32 Å². The van der Waals surface area contributed by atoms with Gasteiger partial charge in [0.15, 0.2) is 0 Å². The second-order valence-electron chi connectivity index (χ2n) is 4.74. The summed E-state index contributed by atoms with van der Waals surface area (Å²) in [5.74, 6) is 0.962. The van der Waals surface area contributed by atoms with Crippen molar-refractivity contribution in [3.63, 3.8) is 0 Å². The fourth-order valence-corrected chi connectivity index (χ4v) is 2.53. The van der Waals surface area contributed by atoms with Crippen molar-refractivity contribution < 1.29 is 9.52 Å². The van der Waals surface area contributed by atoms with Crippen molar-refractivity contribution in [1.29, 1.82) is 0 Å². The molecule has 3 nitrogen and oxygen atoms in total. The molecule has 90 valence electrons. The highest BCUT2D eigenvalue weighted by molar-refractivity contribution is 5.77. The van der Waals surface area contributed by atoms with Gasteiger partial charge in [-0.1, -0.05) is 18.2 Å². The zero-order valence-electron chi connectivity index (χ0n) is 9.73. The number of hydrogen-bond donors (Lipinski definition) is 2. The van der Waals surface area contributed by atoms with Crippen LogP contribution in [0.2, 0.25) is 0 Å². The summed E-state index contributed by atoms with van der Waals surface area (Å²) in [6.07, 6.45) is 1.70. The maximum absolute atomic E-state index is 10.3. The van der Waals surface area contributed by atoms with Gasteiger partial charge >= 0.3 is 0 Å². The highest BCUT2D eigenvalue weighted by atomic mass is 16.4. The van der Waals surface area contributed by atoms with Gasteiger partial charge in [0.2, 0.25) is 0 Å². The number of piperidine rings is 1. The SMILES string of the molecule is O[C@@H](c1cc2ccccc2o1)[C@@H]1CCCNC1. The second-order valence-corrected chi connectivity index (χ2v) is 4.74. The lowest BCUT2D eigenvalue weighted by Crippen LogP contribution is -2.33. The fraction of sp³-hybridized carbons (Fsp3) is 0.429. The molecule has 0 spiro atoms. The standard InChI is InChI=1S/C14H17NO2/c16-14(11-5-3-7-15-9-11)13-8-10-4-1-2-6-12(10)17-13/h1-2,4,6,8,11,14-16H,3,5,7,9H2/t11-,14-/m1/s1. The molecule has 1 saturated heterocycles. The van der Waals surface area contributed by atoms with Crippen LogP contribution in [0.5, 0.6) is 0 Å². The Hall–Kier alpha value is -1.32. The lowest BCUT2D eigenvalue weighted by molar-refractivity contribution is 0.0735. The number of rotatable bonds is 2. The predicted molar refractivity (Wildman–Crippen MR) is 66.8 cm³/mol. The summed E-state index contributed by atoms with van der Waals surface area (Å²) in [7, 11) is 0. The molecule has 2 N–H and O–H groups in total. The van der Waals surface area contributed by atoms with Crippen LogP contribution >= 0.6 is 0 Å². The Morgan fingerprint density at radius 1 is 1.35 bits per heavy atom. The molecule has 3 rings (SSSR count). The van der Waals surface area contributed by atoms with Gasteiger partial charge < -0.3 is 14.8 Å². The van der Waals surface area contributed by atoms with E-state index in [4.69, 9.17) is 4.42 Å². The van der Waals surface area contributed by atoms with Crippen LogP contribution in [0.1, 0.15) is 24.7 Å². The molecule has 0 aliphatic carbocycles. The van der Waals surface area contributed by atoms with E-state index in [0.29, 0.717) is 5.76 Å². The van der Waals surface area contributed by atoms with E-state index >= 15 is 0 Å². The maximum atomic E-state index is 10.3. The average Bonchev–Trinajstić information content (AvgIpc) is 2.82. The zero-order valence-corrected chi connectivity index (χ0v) is 9.73. The fourth-order valence-electron chi connectivity index (χ4n) is 2.53. The quantitative estimate of drug-likeness (QED) is 0.834. The first kappa shape index (κ1) is 10.8. The number of nitrogens with one attached hydrogen (secondary N) is 1. The third-order valence-corrected chi connectivity index (χ3v) is 3.52. The summed E-state index contributed by atoms with van der Waals surface area (Å²) in [5, 5.41) is 14.7. The highest BCUT2D eigenvalue weighted by Crippen LogP contribution is 2.31. The summed E-state index contributed by atoms with van der Waals surface area (Å²) in [5.41, 5.74) is 0.852. The Kier molecular flexibility index (Phi) is 2.87. The number of hydrogen-bond acceptors (Lipinski definition) is 3. The molecule has 2 aromatic rings. The van der Waals surface area contributed by atoms with Crippen LogP contribution in [0.15, 0.2) is 34.7 Å². The van der Waals surface area contributed by atoms with Gasteiger partial charge in [-0.25, -0.2) is 0 Å². The molecule has 2 atom stereocenters. The summed E-state index contributed by atoms with van der Waals surface area (Å²) < 4.78 is 5.71. The first-order valence-electron chi connectivity index (χ1n) is 6.22. The second kappa shape index (κ2) is 4.51. The molecule has 1 fully saturated rings. The van der Waals surface area contributed by atoms with Crippen molar-refractivity contribution >= 4 is 11.0 Å². The molecule has 0 amide bonds. The van der Waals surface area contributed by atoms with Gasteiger partial charge in [-0.2, -0.15) is 0 Å². The highest BCUT2D eigenvalue weighted by Gasteiger charge is 2.25. The van der Waals surface area contributed by atoms with Crippen molar-refractivity contribution in [3.8, 4) is 0 Å². The zero-order chi connectivity index (χ0) is 11.7. The molecular weight excluding hydrogens is 214 g/mol. The molecule has 0 bridgehead atoms. The molecule has 17 heavy (non-hydrogen) atoms. The van der Waals surface area contributed by atoms with E-state index in [0.717, 1.165) is 36.9 Å². The first-order chi connectivity index (χ1) is 8.34. The molecule has 0 radical (unpaired) electrons. The van der Waals surface area contributed by atoms with Crippen molar-refractivity contribution in [1.82, 2.24) is 5.32 Å². The Labute approximate surface area is 100 Å². The summed E-state index contributed by atoms with van der Waals surface area (Å²) in [6, 6.07) is 9.83. The maximum Gasteiger partial charge on any atom is 0.134 e. The van der Waals surface area contributed by atoms with Gasteiger partial charge in [0.1, 0.15) is 17.4 Å². The third-order valence-electron chi connectivity index (χ3n) is 3.52. The van der Waals surface area contributed by atoms with E-state index in [1.54, 1.807) is 0 Å². The van der Waals surface area contributed by atoms with Crippen LogP contribution in [0.3, 0.4) is 0 Å². The number of para-hydroxylation sites is 1. The lowest BCUT2D eigenvalue weighted by atomic mass is 9.92. The molecular formula is C14H17NO2. The Bertz CT molecular complexity index is 467. The van der Waals surface area contributed by atoms with Crippen molar-refractivity contribution in [2.45, 2.75) is 18.9 Å². The minimum atomic E-state index is -0.491. The molecule has 1 aromatic heterocycles. The van der Waals surface area contributed by atoms with E-state index in [2.05, 4.69) is 5.32 Å². The number of furan rings is 1. The third kappa shape index (κ3) is 2.08. The normalized spacial score (nSPS) is 22.8. The minimum Gasteiger partial charge on any atom is -0.458 e. The average molecular weight is 231 g/mol. The Balaban J connectivity index is 1.86. The van der Waals surface area contributed by atoms with Gasteiger partial charge in [0.25, 0.3) is 0 Å². The van der Waals surface area contributed by atoms with Crippen molar-refractivity contribution in [3.05, 3.63) is 36.1 Å². The van der Waals surface area contributed by atoms with Gasteiger partial charge in [-0.3, -0.25) is 0 Å². The molecule has 1 aromatic carbocycles. The van der Waals surface area contributed by atoms with Crippen LogP contribution in [-0.4, -0.2) is 18.2 Å². The first-order valence-corrected chi connectivity index (χ1v) is 6.22. The minimum absolute atomic E-state index is 0.268. The van der Waals surface area contributed by atoms with Gasteiger partial charge in [-0.15, -0.1) is 0 Å². The van der Waals surface area contributed by atoms with Crippen LogP contribution in [0, 0.1) is 5.92 Å². The number of aliphatic hydroxyl groups excluding tert-OH is 1. The molecule has 0 unspecified atom stereocenters. The summed E-state index contributed by atoms with van der Waals surface area (Å²) in [6.45, 7) is 1.93. The van der Waals surface area contributed by atoms with Crippen LogP contribution in [-0.2, 0) is 0 Å². The van der Waals surface area contributed by atoms with Gasteiger partial charge in [0, 0.05) is 17.8 Å². The van der Waals surface area contributed by atoms with Crippen molar-refractivity contribution in [2.24, 2.45) is 5.92 Å². The van der Waals surface area contributed by atoms with Crippen LogP contribution in [0.4, 0.5) is 0 Å². The van der Waals surface area contributed by atoms with E-state index in [-0.39, 0.29) is 5.92 Å². The lowest BCUT2D eigenvalue weighted by Gasteiger charge is -2.25. The van der Waals surface area contributed by atoms with Gasteiger partial charge in [0.05, 0.1) is 0 Å². The molecule has 2 heterocycles. The topological polar surface area (TPSA) is 45.4 Å². The molecule has 0 saturated carbocycles. The number of benzene rings is 1. The summed E-state index contributed by atoms with van der Waals surface area (Å²) in [4.78, 5) is 0. The number of fused-ring (bicyclic) bond motifs is 1. The Morgan fingerprint density at radius 2 is 2.24 bits per heavy atom. The Morgan fingerprint density at radius 3 is 3.00 bits per heavy atom. The smallest absolute Gasteiger partial charge is 0.134 e. The predicted octanol–water partition coefficient (Wildman–Crippen LogP) is 2.47. The van der Waals surface area contributed by atoms with Crippen LogP contribution in [0.25, 0.3) is 11.0 Å². The van der Waals surface area contributed by atoms with Gasteiger partial charge in [-0.05, 0) is 31.5 Å². The molecule has 3 heteroatoms. The van der Waals surface area contributed by atoms with E-state index < -0.39 is 6.10 Å².